The predicted molar refractivity (Wildman–Crippen MR) is 47.7 cm³/mol. The van der Waals surface area contributed by atoms with Crippen LogP contribution in [0.3, 0.4) is 0 Å². The Bertz CT molecular complexity index is 279. The molecule has 0 aliphatic heterocycles. The summed E-state index contributed by atoms with van der Waals surface area (Å²) in [5.41, 5.74) is 1.16. The van der Waals surface area contributed by atoms with Crippen LogP contribution < -0.4 is 5.30 Å². The average molecular weight is 168 g/mol. The summed E-state index contributed by atoms with van der Waals surface area (Å²) in [6.07, 6.45) is 2.46. The quantitative estimate of drug-likeness (QED) is 0.564. The molecule has 0 radical (unpaired) electrons. The van der Waals surface area contributed by atoms with E-state index in [2.05, 4.69) is 9.24 Å². The Hall–Kier alpha value is -0.420. The molecule has 2 heteroatoms. The zero-order valence-corrected chi connectivity index (χ0v) is 7.33. The minimum atomic E-state index is -0.0978. The largest absolute Gasteiger partial charge is 0.206 e. The molecule has 58 valence electrons. The van der Waals surface area contributed by atoms with Gasteiger partial charge in [0.25, 0.3) is 0 Å². The summed E-state index contributed by atoms with van der Waals surface area (Å²) in [7, 11) is 2.39. The van der Waals surface area contributed by atoms with Gasteiger partial charge < -0.3 is 0 Å². The Kier molecular flexibility index (Phi) is 1.69. The highest BCUT2D eigenvalue weighted by Crippen LogP contribution is 2.39. The lowest BCUT2D eigenvalue weighted by Crippen LogP contribution is -1.97. The first kappa shape index (κ1) is 7.24. The second-order valence-electron chi connectivity index (χ2n) is 3.06. The topological polar surface area (TPSA) is 0 Å². The summed E-state index contributed by atoms with van der Waals surface area (Å²) < 4.78 is 12.9. The lowest BCUT2D eigenvalue weighted by Gasteiger charge is -1.99. The van der Waals surface area contributed by atoms with E-state index in [4.69, 9.17) is 0 Å². The lowest BCUT2D eigenvalue weighted by molar-refractivity contribution is 0.634. The van der Waals surface area contributed by atoms with E-state index < -0.39 is 0 Å². The van der Waals surface area contributed by atoms with Crippen molar-refractivity contribution in [2.24, 2.45) is 0 Å². The summed E-state index contributed by atoms with van der Waals surface area (Å²) in [5, 5.41) is 0.661. The monoisotopic (exact) mass is 168 g/mol. The highest BCUT2D eigenvalue weighted by molar-refractivity contribution is 7.27. The molecule has 0 N–H and O–H groups in total. The minimum absolute atomic E-state index is 0.0978. The molecule has 0 aromatic heterocycles. The molecule has 1 aliphatic rings. The Labute approximate surface area is 68.0 Å². The molecule has 0 heterocycles. The fourth-order valence-electron chi connectivity index (χ4n) is 1.21. The summed E-state index contributed by atoms with van der Waals surface area (Å²) in [6, 6.07) is 5.50. The van der Waals surface area contributed by atoms with E-state index in [9.17, 15) is 4.39 Å². The normalized spacial score (nSPS) is 16.9. The second kappa shape index (κ2) is 2.57. The summed E-state index contributed by atoms with van der Waals surface area (Å²) >= 11 is 0. The Morgan fingerprint density at radius 1 is 1.36 bits per heavy atom. The summed E-state index contributed by atoms with van der Waals surface area (Å²) in [6.45, 7) is 0. The van der Waals surface area contributed by atoms with Crippen molar-refractivity contribution in [3.63, 3.8) is 0 Å². The molecule has 1 fully saturated rings. The molecule has 2 rings (SSSR count). The molecular formula is C9H10FP. The van der Waals surface area contributed by atoms with E-state index >= 15 is 0 Å². The van der Waals surface area contributed by atoms with Gasteiger partial charge in [0, 0.05) is 5.30 Å². The second-order valence-corrected chi connectivity index (χ2v) is 3.68. The first-order valence-corrected chi connectivity index (χ1v) is 4.40. The minimum Gasteiger partial charge on any atom is -0.206 e. The molecule has 0 saturated heterocycles. The smallest absolute Gasteiger partial charge is 0.130 e. The Morgan fingerprint density at radius 2 is 2.09 bits per heavy atom. The average Bonchev–Trinajstić information content (AvgIpc) is 2.77. The van der Waals surface area contributed by atoms with Crippen molar-refractivity contribution in [1.82, 2.24) is 0 Å². The molecule has 1 saturated carbocycles. The molecule has 1 atom stereocenters. The van der Waals surface area contributed by atoms with Crippen LogP contribution in [0.25, 0.3) is 0 Å². The van der Waals surface area contributed by atoms with Crippen LogP contribution in [0.2, 0.25) is 0 Å². The fourth-order valence-corrected chi connectivity index (χ4v) is 1.39. The standard InChI is InChI=1S/C9H10FP/c10-8-5-7(6-1-2-6)3-4-9(8)11/h3-6H,1-2,11H2. The zero-order chi connectivity index (χ0) is 7.84. The zero-order valence-electron chi connectivity index (χ0n) is 6.18. The van der Waals surface area contributed by atoms with Crippen LogP contribution in [0.1, 0.15) is 24.3 Å². The van der Waals surface area contributed by atoms with E-state index in [-0.39, 0.29) is 5.82 Å². The van der Waals surface area contributed by atoms with Crippen molar-refractivity contribution in [2.75, 3.05) is 0 Å². The maximum absolute atomic E-state index is 12.9. The van der Waals surface area contributed by atoms with Gasteiger partial charge >= 0.3 is 0 Å². The highest BCUT2D eigenvalue weighted by Gasteiger charge is 2.23. The maximum Gasteiger partial charge on any atom is 0.130 e. The van der Waals surface area contributed by atoms with Gasteiger partial charge in [-0.15, -0.1) is 9.24 Å². The van der Waals surface area contributed by atoms with Crippen LogP contribution in [-0.4, -0.2) is 0 Å². The van der Waals surface area contributed by atoms with Gasteiger partial charge in [0.2, 0.25) is 0 Å². The predicted octanol–water partition coefficient (Wildman–Crippen LogP) is 2.20. The Balaban J connectivity index is 2.36. The first-order chi connectivity index (χ1) is 5.27. The van der Waals surface area contributed by atoms with E-state index in [1.807, 2.05) is 12.1 Å². The molecule has 0 spiro atoms. The van der Waals surface area contributed by atoms with Crippen molar-refractivity contribution in [2.45, 2.75) is 18.8 Å². The van der Waals surface area contributed by atoms with E-state index in [0.717, 1.165) is 5.56 Å². The van der Waals surface area contributed by atoms with Gasteiger partial charge in [0.1, 0.15) is 5.82 Å². The van der Waals surface area contributed by atoms with Crippen LogP contribution in [0.4, 0.5) is 4.39 Å². The SMILES string of the molecule is Fc1cc(C2CC2)ccc1P. The van der Waals surface area contributed by atoms with Gasteiger partial charge in [-0.05, 0) is 30.4 Å². The molecule has 1 unspecified atom stereocenters. The van der Waals surface area contributed by atoms with Crippen molar-refractivity contribution >= 4 is 14.5 Å². The van der Waals surface area contributed by atoms with Crippen molar-refractivity contribution < 1.29 is 4.39 Å². The molecule has 11 heavy (non-hydrogen) atoms. The third-order valence-electron chi connectivity index (χ3n) is 2.07. The van der Waals surface area contributed by atoms with Gasteiger partial charge in [-0.2, -0.15) is 0 Å². The summed E-state index contributed by atoms with van der Waals surface area (Å²) in [5.74, 6) is 0.550. The van der Waals surface area contributed by atoms with Gasteiger partial charge in [-0.1, -0.05) is 12.1 Å². The molecule has 0 bridgehead atoms. The van der Waals surface area contributed by atoms with Crippen LogP contribution in [0.5, 0.6) is 0 Å². The van der Waals surface area contributed by atoms with E-state index in [1.54, 1.807) is 6.07 Å². The van der Waals surface area contributed by atoms with E-state index in [0.29, 0.717) is 11.2 Å². The fraction of sp³-hybridized carbons (Fsp3) is 0.333. The Morgan fingerprint density at radius 3 is 2.64 bits per heavy atom. The molecule has 0 amide bonds. The number of hydrogen-bond donors (Lipinski definition) is 0. The highest BCUT2D eigenvalue weighted by atomic mass is 31.0. The van der Waals surface area contributed by atoms with Crippen LogP contribution >= 0.6 is 9.24 Å². The van der Waals surface area contributed by atoms with Crippen molar-refractivity contribution in [3.05, 3.63) is 29.6 Å². The van der Waals surface area contributed by atoms with Crippen molar-refractivity contribution in [3.8, 4) is 0 Å². The number of benzene rings is 1. The number of halogens is 1. The number of hydrogen-bond acceptors (Lipinski definition) is 0. The summed E-state index contributed by atoms with van der Waals surface area (Å²) in [4.78, 5) is 0. The van der Waals surface area contributed by atoms with Gasteiger partial charge in [0.05, 0.1) is 0 Å². The van der Waals surface area contributed by atoms with Crippen LogP contribution in [-0.2, 0) is 0 Å². The molecule has 1 aliphatic carbocycles. The molecule has 0 nitrogen and oxygen atoms in total. The number of rotatable bonds is 1. The van der Waals surface area contributed by atoms with E-state index in [1.165, 1.54) is 12.8 Å². The van der Waals surface area contributed by atoms with Gasteiger partial charge in [0.15, 0.2) is 0 Å². The van der Waals surface area contributed by atoms with Crippen LogP contribution in [0.15, 0.2) is 18.2 Å². The molecule has 1 aromatic rings. The maximum atomic E-state index is 12.9. The van der Waals surface area contributed by atoms with Gasteiger partial charge in [-0.3, -0.25) is 0 Å². The van der Waals surface area contributed by atoms with Crippen molar-refractivity contribution in [1.29, 1.82) is 0 Å². The third kappa shape index (κ3) is 1.44. The molecule has 1 aromatic carbocycles. The van der Waals surface area contributed by atoms with Gasteiger partial charge in [-0.25, -0.2) is 4.39 Å². The van der Waals surface area contributed by atoms with Crippen LogP contribution in [0, 0.1) is 5.82 Å². The third-order valence-corrected chi connectivity index (χ3v) is 2.54. The first-order valence-electron chi connectivity index (χ1n) is 3.82. The molecular weight excluding hydrogens is 158 g/mol. The lowest BCUT2D eigenvalue weighted by atomic mass is 10.1.